The number of aryl methyl sites for hydroxylation is 2. The monoisotopic (exact) mass is 352 g/mol. The summed E-state index contributed by atoms with van der Waals surface area (Å²) in [6.07, 6.45) is 2.59. The smallest absolute Gasteiger partial charge is 0.406 e. The highest BCUT2D eigenvalue weighted by Gasteiger charge is 2.21. The van der Waals surface area contributed by atoms with Gasteiger partial charge in [0.2, 0.25) is 5.75 Å². The van der Waals surface area contributed by atoms with E-state index in [0.717, 1.165) is 11.3 Å². The van der Waals surface area contributed by atoms with Crippen molar-refractivity contribution in [3.8, 4) is 5.75 Å². The van der Waals surface area contributed by atoms with Crippen LogP contribution in [0.4, 0.5) is 5.82 Å². The first-order chi connectivity index (χ1) is 9.88. The average Bonchev–Trinajstić information content (AvgIpc) is 2.37. The summed E-state index contributed by atoms with van der Waals surface area (Å²) in [7, 11) is 0. The quantitative estimate of drug-likeness (QED) is 0.619. The normalized spacial score (nSPS) is 12.0. The van der Waals surface area contributed by atoms with Crippen molar-refractivity contribution < 1.29 is 9.66 Å². The summed E-state index contributed by atoms with van der Waals surface area (Å²) >= 11 is 3.23. The van der Waals surface area contributed by atoms with Crippen LogP contribution in [0.25, 0.3) is 0 Å². The number of halogens is 1. The second-order valence-corrected chi connectivity index (χ2v) is 5.37. The molecule has 21 heavy (non-hydrogen) atoms. The summed E-state index contributed by atoms with van der Waals surface area (Å²) in [5.74, 6) is 0.441. The van der Waals surface area contributed by atoms with Gasteiger partial charge in [0, 0.05) is 23.5 Å². The van der Waals surface area contributed by atoms with Crippen LogP contribution >= 0.6 is 15.9 Å². The van der Waals surface area contributed by atoms with Crippen LogP contribution in [0.5, 0.6) is 5.75 Å². The number of hydrogen-bond donors (Lipinski definition) is 0. The molecule has 2 aromatic rings. The van der Waals surface area contributed by atoms with Crippen molar-refractivity contribution in [2.75, 3.05) is 0 Å². The lowest BCUT2D eigenvalue weighted by Crippen LogP contribution is -2.09. The van der Waals surface area contributed by atoms with Gasteiger partial charge in [0.05, 0.1) is 4.47 Å². The molecule has 0 saturated heterocycles. The largest absolute Gasteiger partial charge is 0.478 e. The molecular weight excluding hydrogens is 340 g/mol. The third kappa shape index (κ3) is 3.52. The number of nitrogens with zero attached hydrogens (tertiary/aromatic N) is 4. The molecule has 0 aliphatic heterocycles. The van der Waals surface area contributed by atoms with E-state index in [-0.39, 0.29) is 11.6 Å². The van der Waals surface area contributed by atoms with Gasteiger partial charge in [-0.3, -0.25) is 0 Å². The first-order valence-corrected chi connectivity index (χ1v) is 6.94. The minimum atomic E-state index is -0.576. The van der Waals surface area contributed by atoms with Crippen molar-refractivity contribution >= 4 is 21.7 Å². The molecule has 1 atom stereocenters. The molecule has 0 fully saturated rings. The molecule has 2 rings (SSSR count). The standard InChI is InChI=1S/C13H13BrN4O3/c1-7-11(6-15-9(3)17-7)8(2)21-12-4-10(14)5-16-13(12)18(19)20/h4-6,8H,1-3H3. The van der Waals surface area contributed by atoms with Crippen molar-refractivity contribution in [3.05, 3.63) is 50.1 Å². The molecule has 110 valence electrons. The summed E-state index contributed by atoms with van der Waals surface area (Å²) in [5.41, 5.74) is 1.55. The fourth-order valence-corrected chi connectivity index (χ4v) is 2.19. The van der Waals surface area contributed by atoms with Crippen LogP contribution < -0.4 is 4.74 Å². The summed E-state index contributed by atoms with van der Waals surface area (Å²) in [5, 5.41) is 11.0. The number of rotatable bonds is 4. The van der Waals surface area contributed by atoms with Crippen LogP contribution in [0.1, 0.15) is 30.1 Å². The van der Waals surface area contributed by atoms with E-state index >= 15 is 0 Å². The Balaban J connectivity index is 2.33. The van der Waals surface area contributed by atoms with E-state index in [9.17, 15) is 10.1 Å². The highest BCUT2D eigenvalue weighted by molar-refractivity contribution is 9.10. The van der Waals surface area contributed by atoms with Gasteiger partial charge in [-0.2, -0.15) is 0 Å². The molecular formula is C13H13BrN4O3. The molecule has 2 heterocycles. The first kappa shape index (κ1) is 15.3. The minimum Gasteiger partial charge on any atom is -0.478 e. The van der Waals surface area contributed by atoms with Crippen LogP contribution in [-0.4, -0.2) is 19.9 Å². The minimum absolute atomic E-state index is 0.0989. The van der Waals surface area contributed by atoms with E-state index in [0.29, 0.717) is 10.3 Å². The Labute approximate surface area is 129 Å². The maximum atomic E-state index is 11.0. The molecule has 0 aromatic carbocycles. The predicted octanol–water partition coefficient (Wildman–Crippen LogP) is 3.30. The van der Waals surface area contributed by atoms with Crippen molar-refractivity contribution in [3.63, 3.8) is 0 Å². The van der Waals surface area contributed by atoms with Gasteiger partial charge in [-0.05, 0) is 46.6 Å². The zero-order chi connectivity index (χ0) is 15.6. The van der Waals surface area contributed by atoms with Gasteiger partial charge in [-0.25, -0.2) is 9.97 Å². The second kappa shape index (κ2) is 6.13. The average molecular weight is 353 g/mol. The van der Waals surface area contributed by atoms with E-state index in [1.54, 1.807) is 20.0 Å². The molecule has 0 spiro atoms. The van der Waals surface area contributed by atoms with E-state index in [4.69, 9.17) is 4.74 Å². The number of pyridine rings is 1. The maximum Gasteiger partial charge on any atom is 0.406 e. The Hall–Kier alpha value is -2.09. The molecule has 0 bridgehead atoms. The third-order valence-corrected chi connectivity index (χ3v) is 3.29. The Morgan fingerprint density at radius 3 is 2.67 bits per heavy atom. The molecule has 0 aliphatic rings. The molecule has 0 aliphatic carbocycles. The fraction of sp³-hybridized carbons (Fsp3) is 0.308. The Morgan fingerprint density at radius 2 is 2.05 bits per heavy atom. The lowest BCUT2D eigenvalue weighted by atomic mass is 10.1. The highest BCUT2D eigenvalue weighted by Crippen LogP contribution is 2.31. The Bertz CT molecular complexity index is 693. The third-order valence-electron chi connectivity index (χ3n) is 2.85. The topological polar surface area (TPSA) is 91.0 Å². The Kier molecular flexibility index (Phi) is 4.46. The zero-order valence-corrected chi connectivity index (χ0v) is 13.3. The number of aromatic nitrogens is 3. The molecule has 0 radical (unpaired) electrons. The highest BCUT2D eigenvalue weighted by atomic mass is 79.9. The van der Waals surface area contributed by atoms with Gasteiger partial charge < -0.3 is 14.9 Å². The SMILES string of the molecule is Cc1ncc(C(C)Oc2cc(Br)cnc2[N+](=O)[O-])c(C)n1. The first-order valence-electron chi connectivity index (χ1n) is 6.15. The van der Waals surface area contributed by atoms with E-state index in [1.807, 2.05) is 6.92 Å². The molecule has 2 aromatic heterocycles. The lowest BCUT2D eigenvalue weighted by molar-refractivity contribution is -0.390. The summed E-state index contributed by atoms with van der Waals surface area (Å²) in [6.45, 7) is 5.43. The molecule has 8 heteroatoms. The van der Waals surface area contributed by atoms with Gasteiger partial charge in [-0.1, -0.05) is 0 Å². The molecule has 1 unspecified atom stereocenters. The molecule has 0 N–H and O–H groups in total. The van der Waals surface area contributed by atoms with Gasteiger partial charge in [0.1, 0.15) is 11.9 Å². The second-order valence-electron chi connectivity index (χ2n) is 4.45. The fourth-order valence-electron chi connectivity index (χ4n) is 1.88. The summed E-state index contributed by atoms with van der Waals surface area (Å²) in [4.78, 5) is 22.6. The zero-order valence-electron chi connectivity index (χ0n) is 11.7. The van der Waals surface area contributed by atoms with Gasteiger partial charge >= 0.3 is 5.82 Å². The van der Waals surface area contributed by atoms with Crippen molar-refractivity contribution in [2.45, 2.75) is 26.9 Å². The van der Waals surface area contributed by atoms with Gasteiger partial charge in [0.15, 0.2) is 6.20 Å². The van der Waals surface area contributed by atoms with Crippen LogP contribution in [-0.2, 0) is 0 Å². The summed E-state index contributed by atoms with van der Waals surface area (Å²) < 4.78 is 6.28. The van der Waals surface area contributed by atoms with Gasteiger partial charge in [0.25, 0.3) is 0 Å². The van der Waals surface area contributed by atoms with Gasteiger partial charge in [-0.15, -0.1) is 0 Å². The molecule has 0 amide bonds. The Morgan fingerprint density at radius 1 is 1.33 bits per heavy atom. The number of ether oxygens (including phenoxy) is 1. The maximum absolute atomic E-state index is 11.0. The van der Waals surface area contributed by atoms with E-state index < -0.39 is 11.0 Å². The lowest BCUT2D eigenvalue weighted by Gasteiger charge is -2.16. The predicted molar refractivity (Wildman–Crippen MR) is 79.1 cm³/mol. The van der Waals surface area contributed by atoms with Crippen LogP contribution in [0.15, 0.2) is 22.9 Å². The van der Waals surface area contributed by atoms with Crippen molar-refractivity contribution in [1.82, 2.24) is 15.0 Å². The van der Waals surface area contributed by atoms with E-state index in [1.165, 1.54) is 12.3 Å². The number of nitro groups is 1. The van der Waals surface area contributed by atoms with Crippen molar-refractivity contribution in [1.29, 1.82) is 0 Å². The van der Waals surface area contributed by atoms with Crippen molar-refractivity contribution in [2.24, 2.45) is 0 Å². The number of hydrogen-bond acceptors (Lipinski definition) is 6. The van der Waals surface area contributed by atoms with E-state index in [2.05, 4.69) is 30.9 Å². The van der Waals surface area contributed by atoms with Crippen LogP contribution in [0, 0.1) is 24.0 Å². The van der Waals surface area contributed by atoms with Crippen LogP contribution in [0.2, 0.25) is 0 Å². The van der Waals surface area contributed by atoms with Crippen LogP contribution in [0.3, 0.4) is 0 Å². The molecule has 7 nitrogen and oxygen atoms in total. The molecule has 0 saturated carbocycles. The summed E-state index contributed by atoms with van der Waals surface area (Å²) in [6, 6.07) is 1.52.